The third-order valence-corrected chi connectivity index (χ3v) is 4.29. The predicted molar refractivity (Wildman–Crippen MR) is 81.8 cm³/mol. The fourth-order valence-corrected chi connectivity index (χ4v) is 3.18. The molecule has 4 heteroatoms. The van der Waals surface area contributed by atoms with Crippen LogP contribution in [0.1, 0.15) is 25.7 Å². The maximum absolute atomic E-state index is 9.68. The molecule has 1 aliphatic carbocycles. The normalized spacial score (nSPS) is 17.4. The van der Waals surface area contributed by atoms with Crippen molar-refractivity contribution in [1.82, 2.24) is 4.98 Å². The molecule has 3 rings (SSSR count). The monoisotopic (exact) mass is 271 g/mol. The maximum Gasteiger partial charge on any atom is 0.134 e. The molecule has 106 valence electrons. The first-order valence-electron chi connectivity index (χ1n) is 7.32. The number of nitrogens with two attached hydrogens (primary N) is 1. The molecular formula is C16H21N3O. The Balaban J connectivity index is 1.90. The molecule has 4 nitrogen and oxygen atoms in total. The van der Waals surface area contributed by atoms with Crippen LogP contribution in [-0.4, -0.2) is 22.7 Å². The van der Waals surface area contributed by atoms with Crippen molar-refractivity contribution >= 4 is 16.6 Å². The standard InChI is InChI=1S/C16H21N3O/c17-10-15(12-3-1-2-4-12)19-16-14-9-13(20)6-5-11(14)7-8-18-16/h5-9,12,15,20H,1-4,10,17H2,(H,18,19). The molecule has 0 aliphatic heterocycles. The summed E-state index contributed by atoms with van der Waals surface area (Å²) in [7, 11) is 0. The Morgan fingerprint density at radius 3 is 2.85 bits per heavy atom. The summed E-state index contributed by atoms with van der Waals surface area (Å²) in [4.78, 5) is 4.43. The van der Waals surface area contributed by atoms with E-state index in [1.165, 1.54) is 25.7 Å². The van der Waals surface area contributed by atoms with Gasteiger partial charge in [-0.05, 0) is 42.3 Å². The second-order valence-corrected chi connectivity index (χ2v) is 5.60. The van der Waals surface area contributed by atoms with Crippen molar-refractivity contribution in [3.05, 3.63) is 30.5 Å². The van der Waals surface area contributed by atoms with Crippen LogP contribution in [0.3, 0.4) is 0 Å². The largest absolute Gasteiger partial charge is 0.508 e. The van der Waals surface area contributed by atoms with Gasteiger partial charge in [0.2, 0.25) is 0 Å². The van der Waals surface area contributed by atoms with Gasteiger partial charge < -0.3 is 16.2 Å². The van der Waals surface area contributed by atoms with E-state index >= 15 is 0 Å². The molecular weight excluding hydrogens is 250 g/mol. The number of rotatable bonds is 4. The minimum absolute atomic E-state index is 0.262. The number of pyridine rings is 1. The molecule has 2 aromatic rings. The summed E-state index contributed by atoms with van der Waals surface area (Å²) < 4.78 is 0. The average molecular weight is 271 g/mol. The van der Waals surface area contributed by atoms with Crippen molar-refractivity contribution < 1.29 is 5.11 Å². The van der Waals surface area contributed by atoms with E-state index in [9.17, 15) is 5.11 Å². The highest BCUT2D eigenvalue weighted by atomic mass is 16.3. The van der Waals surface area contributed by atoms with Gasteiger partial charge in [0.1, 0.15) is 11.6 Å². The van der Waals surface area contributed by atoms with E-state index in [0.29, 0.717) is 12.5 Å². The molecule has 0 saturated heterocycles. The van der Waals surface area contributed by atoms with Crippen LogP contribution in [0.4, 0.5) is 5.82 Å². The van der Waals surface area contributed by atoms with Crippen LogP contribution in [0.5, 0.6) is 5.75 Å². The Kier molecular flexibility index (Phi) is 3.74. The van der Waals surface area contributed by atoms with Gasteiger partial charge in [-0.1, -0.05) is 18.9 Å². The lowest BCUT2D eigenvalue weighted by molar-refractivity contribution is 0.461. The van der Waals surface area contributed by atoms with Gasteiger partial charge in [-0.15, -0.1) is 0 Å². The fourth-order valence-electron chi connectivity index (χ4n) is 3.18. The van der Waals surface area contributed by atoms with Crippen molar-refractivity contribution in [2.75, 3.05) is 11.9 Å². The smallest absolute Gasteiger partial charge is 0.134 e. The molecule has 4 N–H and O–H groups in total. The van der Waals surface area contributed by atoms with Gasteiger partial charge >= 0.3 is 0 Å². The Labute approximate surface area is 119 Å². The molecule has 1 heterocycles. The minimum atomic E-state index is 0.262. The molecule has 0 radical (unpaired) electrons. The SMILES string of the molecule is NCC(Nc1nccc2ccc(O)cc12)C1CCCC1. The van der Waals surface area contributed by atoms with Crippen molar-refractivity contribution in [2.24, 2.45) is 11.7 Å². The van der Waals surface area contributed by atoms with E-state index in [0.717, 1.165) is 16.6 Å². The number of aromatic nitrogens is 1. The third kappa shape index (κ3) is 2.56. The highest BCUT2D eigenvalue weighted by Crippen LogP contribution is 2.31. The molecule has 20 heavy (non-hydrogen) atoms. The Hall–Kier alpha value is -1.81. The van der Waals surface area contributed by atoms with Crippen LogP contribution < -0.4 is 11.1 Å². The van der Waals surface area contributed by atoms with Crippen molar-refractivity contribution in [3.63, 3.8) is 0 Å². The van der Waals surface area contributed by atoms with E-state index in [1.807, 2.05) is 12.1 Å². The summed E-state index contributed by atoms with van der Waals surface area (Å²) in [5, 5.41) is 15.2. The molecule has 0 spiro atoms. The van der Waals surface area contributed by atoms with Gasteiger partial charge in [-0.3, -0.25) is 0 Å². The lowest BCUT2D eigenvalue weighted by Gasteiger charge is -2.24. The zero-order valence-electron chi connectivity index (χ0n) is 11.5. The summed E-state index contributed by atoms with van der Waals surface area (Å²) in [5.41, 5.74) is 5.93. The predicted octanol–water partition coefficient (Wildman–Crippen LogP) is 2.87. The Morgan fingerprint density at radius 2 is 2.10 bits per heavy atom. The van der Waals surface area contributed by atoms with Crippen molar-refractivity contribution in [2.45, 2.75) is 31.7 Å². The van der Waals surface area contributed by atoms with Crippen LogP contribution >= 0.6 is 0 Å². The lowest BCUT2D eigenvalue weighted by Crippen LogP contribution is -2.35. The summed E-state index contributed by atoms with van der Waals surface area (Å²) in [5.74, 6) is 1.72. The topological polar surface area (TPSA) is 71.2 Å². The van der Waals surface area contributed by atoms with Gasteiger partial charge in [0.05, 0.1) is 0 Å². The number of anilines is 1. The van der Waals surface area contributed by atoms with Crippen molar-refractivity contribution in [1.29, 1.82) is 0 Å². The second kappa shape index (κ2) is 5.67. The van der Waals surface area contributed by atoms with Crippen LogP contribution in [0.15, 0.2) is 30.5 Å². The average Bonchev–Trinajstić information content (AvgIpc) is 2.99. The number of hydrogen-bond acceptors (Lipinski definition) is 4. The first-order valence-corrected chi connectivity index (χ1v) is 7.32. The highest BCUT2D eigenvalue weighted by Gasteiger charge is 2.24. The minimum Gasteiger partial charge on any atom is -0.508 e. The molecule has 1 saturated carbocycles. The molecule has 0 amide bonds. The van der Waals surface area contributed by atoms with Crippen LogP contribution in [0.2, 0.25) is 0 Å². The molecule has 1 atom stereocenters. The van der Waals surface area contributed by atoms with E-state index in [-0.39, 0.29) is 11.8 Å². The summed E-state index contributed by atoms with van der Waals surface area (Å²) in [6.07, 6.45) is 6.87. The zero-order valence-corrected chi connectivity index (χ0v) is 11.5. The van der Waals surface area contributed by atoms with Gasteiger partial charge in [0.25, 0.3) is 0 Å². The van der Waals surface area contributed by atoms with Gasteiger partial charge in [0.15, 0.2) is 0 Å². The molecule has 1 aromatic heterocycles. The number of benzene rings is 1. The quantitative estimate of drug-likeness (QED) is 0.799. The van der Waals surface area contributed by atoms with Crippen molar-refractivity contribution in [3.8, 4) is 5.75 Å². The number of hydrogen-bond donors (Lipinski definition) is 3. The van der Waals surface area contributed by atoms with Gasteiger partial charge in [-0.25, -0.2) is 4.98 Å². The second-order valence-electron chi connectivity index (χ2n) is 5.60. The van der Waals surface area contributed by atoms with E-state index in [4.69, 9.17) is 5.73 Å². The molecule has 1 aromatic carbocycles. The zero-order chi connectivity index (χ0) is 13.9. The number of fused-ring (bicyclic) bond motifs is 1. The maximum atomic E-state index is 9.68. The number of aromatic hydroxyl groups is 1. The Bertz CT molecular complexity index is 593. The number of nitrogens with one attached hydrogen (secondary N) is 1. The van der Waals surface area contributed by atoms with Crippen LogP contribution in [-0.2, 0) is 0 Å². The number of phenolic OH excluding ortho intramolecular Hbond substituents is 1. The molecule has 0 bridgehead atoms. The molecule has 1 fully saturated rings. The summed E-state index contributed by atoms with van der Waals surface area (Å²) in [6, 6.07) is 7.58. The Morgan fingerprint density at radius 1 is 1.30 bits per heavy atom. The summed E-state index contributed by atoms with van der Waals surface area (Å²) >= 11 is 0. The highest BCUT2D eigenvalue weighted by molar-refractivity contribution is 5.92. The van der Waals surface area contributed by atoms with Crippen LogP contribution in [0.25, 0.3) is 10.8 Å². The molecule has 1 unspecified atom stereocenters. The van der Waals surface area contributed by atoms with Gasteiger partial charge in [-0.2, -0.15) is 0 Å². The fraction of sp³-hybridized carbons (Fsp3) is 0.438. The number of nitrogens with zero attached hydrogens (tertiary/aromatic N) is 1. The van der Waals surface area contributed by atoms with Crippen LogP contribution in [0, 0.1) is 5.92 Å². The first-order chi connectivity index (χ1) is 9.78. The number of phenols is 1. The summed E-state index contributed by atoms with van der Waals surface area (Å²) in [6.45, 7) is 0.613. The van der Waals surface area contributed by atoms with E-state index in [1.54, 1.807) is 18.3 Å². The van der Waals surface area contributed by atoms with E-state index in [2.05, 4.69) is 10.3 Å². The third-order valence-electron chi connectivity index (χ3n) is 4.29. The first kappa shape index (κ1) is 13.2. The lowest BCUT2D eigenvalue weighted by atomic mass is 9.98. The van der Waals surface area contributed by atoms with E-state index < -0.39 is 0 Å². The van der Waals surface area contributed by atoms with Gasteiger partial charge in [0, 0.05) is 24.2 Å². The molecule has 1 aliphatic rings.